The van der Waals surface area contributed by atoms with E-state index in [4.69, 9.17) is 0 Å². The third-order valence-corrected chi connectivity index (χ3v) is 5.29. The number of fused-ring (bicyclic) bond motifs is 1. The Bertz CT molecular complexity index is 1020. The Morgan fingerprint density at radius 2 is 1.93 bits per heavy atom. The van der Waals surface area contributed by atoms with Gasteiger partial charge in [0.1, 0.15) is 5.52 Å². The fourth-order valence-corrected chi connectivity index (χ4v) is 3.92. The number of amides is 2. The van der Waals surface area contributed by atoms with E-state index in [1.807, 2.05) is 17.0 Å². The summed E-state index contributed by atoms with van der Waals surface area (Å²) in [6, 6.07) is 9.99. The molecule has 0 bridgehead atoms. The molecule has 2 amide bonds. The first-order chi connectivity index (χ1) is 14.6. The zero-order chi connectivity index (χ0) is 20.9. The van der Waals surface area contributed by atoms with Gasteiger partial charge >= 0.3 is 12.6 Å². The monoisotopic (exact) mass is 412 g/mol. The van der Waals surface area contributed by atoms with Crippen LogP contribution in [0.25, 0.3) is 10.9 Å². The molecular weight excluding hydrogens is 390 g/mol. The average Bonchev–Trinajstić information content (AvgIpc) is 3.02. The third-order valence-electron chi connectivity index (χ3n) is 5.29. The molecule has 1 aromatic carbocycles. The van der Waals surface area contributed by atoms with E-state index in [9.17, 15) is 13.6 Å². The Labute approximate surface area is 172 Å². The van der Waals surface area contributed by atoms with Crippen molar-refractivity contribution in [3.8, 4) is 5.75 Å². The molecule has 1 atom stereocenters. The van der Waals surface area contributed by atoms with E-state index in [0.29, 0.717) is 17.6 Å². The van der Waals surface area contributed by atoms with Crippen LogP contribution in [0.4, 0.5) is 19.3 Å². The number of likely N-dealkylation sites (tertiary alicyclic amines) is 1. The Hall–Kier alpha value is -3.29. The summed E-state index contributed by atoms with van der Waals surface area (Å²) in [4.78, 5) is 23.3. The van der Waals surface area contributed by atoms with Crippen LogP contribution in [0.5, 0.6) is 5.75 Å². The highest BCUT2D eigenvalue weighted by atomic mass is 19.3. The molecule has 30 heavy (non-hydrogen) atoms. The van der Waals surface area contributed by atoms with Gasteiger partial charge in [-0.1, -0.05) is 12.8 Å². The highest BCUT2D eigenvalue weighted by molar-refractivity contribution is 6.02. The van der Waals surface area contributed by atoms with Crippen molar-refractivity contribution in [3.05, 3.63) is 60.6 Å². The fourth-order valence-electron chi connectivity index (χ4n) is 3.92. The Balaban J connectivity index is 1.63. The summed E-state index contributed by atoms with van der Waals surface area (Å²) in [6.07, 6.45) is 8.88. The molecule has 3 heterocycles. The zero-order valence-corrected chi connectivity index (χ0v) is 16.3. The first-order valence-electron chi connectivity index (χ1n) is 9.93. The minimum Gasteiger partial charge on any atom is -0.432 e. The summed E-state index contributed by atoms with van der Waals surface area (Å²) in [5.41, 5.74) is 1.83. The molecule has 4 rings (SSSR count). The van der Waals surface area contributed by atoms with Gasteiger partial charge in [0.25, 0.3) is 0 Å². The Kier molecular flexibility index (Phi) is 6.02. The summed E-state index contributed by atoms with van der Waals surface area (Å²) >= 11 is 0. The van der Waals surface area contributed by atoms with E-state index in [0.717, 1.165) is 31.2 Å². The number of anilines is 1. The van der Waals surface area contributed by atoms with Crippen LogP contribution < -0.4 is 10.1 Å². The van der Waals surface area contributed by atoms with Gasteiger partial charge in [-0.25, -0.2) is 4.79 Å². The standard InChI is InChI=1S/C22H22F2N4O2/c23-21(24)30-19-8-7-17(16-5-4-11-26-20(16)19)27-22(29)28-14-3-1-2-6-18(28)15-9-12-25-13-10-15/h4-5,7-13,18,21H,1-3,6,14H2,(H,27,29). The smallest absolute Gasteiger partial charge is 0.387 e. The number of nitrogens with one attached hydrogen (secondary N) is 1. The number of carbonyl (C=O) groups excluding carboxylic acids is 1. The summed E-state index contributed by atoms with van der Waals surface area (Å²) in [5.74, 6) is -0.0250. The molecule has 1 saturated heterocycles. The number of pyridine rings is 2. The first-order valence-corrected chi connectivity index (χ1v) is 9.93. The molecule has 0 spiro atoms. The lowest BCUT2D eigenvalue weighted by Gasteiger charge is -2.30. The minimum absolute atomic E-state index is 0.0250. The van der Waals surface area contributed by atoms with Crippen molar-refractivity contribution in [2.75, 3.05) is 11.9 Å². The summed E-state index contributed by atoms with van der Waals surface area (Å²) < 4.78 is 30.0. The molecular formula is C22H22F2N4O2. The molecule has 0 saturated carbocycles. The number of rotatable bonds is 4. The Morgan fingerprint density at radius 3 is 2.73 bits per heavy atom. The van der Waals surface area contributed by atoms with Crippen molar-refractivity contribution < 1.29 is 18.3 Å². The van der Waals surface area contributed by atoms with Gasteiger partial charge in [-0.2, -0.15) is 8.78 Å². The highest BCUT2D eigenvalue weighted by Gasteiger charge is 2.27. The van der Waals surface area contributed by atoms with E-state index in [2.05, 4.69) is 20.0 Å². The van der Waals surface area contributed by atoms with Gasteiger partial charge in [-0.15, -0.1) is 0 Å². The van der Waals surface area contributed by atoms with Gasteiger partial charge in [-0.3, -0.25) is 9.97 Å². The van der Waals surface area contributed by atoms with Gasteiger partial charge < -0.3 is 15.0 Å². The summed E-state index contributed by atoms with van der Waals surface area (Å²) in [6.45, 7) is -2.31. The molecule has 3 aromatic rings. The van der Waals surface area contributed by atoms with Crippen LogP contribution in [0.2, 0.25) is 0 Å². The van der Waals surface area contributed by atoms with E-state index < -0.39 is 6.61 Å². The van der Waals surface area contributed by atoms with Crippen molar-refractivity contribution in [3.63, 3.8) is 0 Å². The molecule has 1 unspecified atom stereocenters. The van der Waals surface area contributed by atoms with Gasteiger partial charge in [0.2, 0.25) is 0 Å². The quantitative estimate of drug-likeness (QED) is 0.625. The number of hydrogen-bond acceptors (Lipinski definition) is 4. The number of nitrogens with zero attached hydrogens (tertiary/aromatic N) is 3. The molecule has 2 aromatic heterocycles. The highest BCUT2D eigenvalue weighted by Crippen LogP contribution is 2.33. The molecule has 1 N–H and O–H groups in total. The molecule has 1 fully saturated rings. The number of ether oxygens (including phenoxy) is 1. The number of benzene rings is 1. The van der Waals surface area contributed by atoms with E-state index in [1.165, 1.54) is 12.3 Å². The normalized spacial score (nSPS) is 17.0. The molecule has 8 heteroatoms. The molecule has 156 valence electrons. The van der Waals surface area contributed by atoms with Crippen LogP contribution in [0.3, 0.4) is 0 Å². The van der Waals surface area contributed by atoms with Gasteiger partial charge in [0.15, 0.2) is 5.75 Å². The molecule has 1 aliphatic rings. The van der Waals surface area contributed by atoms with Crippen LogP contribution in [0.15, 0.2) is 55.0 Å². The number of urea groups is 1. The van der Waals surface area contributed by atoms with Crippen molar-refractivity contribution >= 4 is 22.6 Å². The van der Waals surface area contributed by atoms with E-state index in [1.54, 1.807) is 30.6 Å². The number of carbonyl (C=O) groups is 1. The molecule has 6 nitrogen and oxygen atoms in total. The second kappa shape index (κ2) is 9.02. The Morgan fingerprint density at radius 1 is 1.10 bits per heavy atom. The van der Waals surface area contributed by atoms with Crippen molar-refractivity contribution in [1.29, 1.82) is 0 Å². The maximum absolute atomic E-state index is 13.2. The lowest BCUT2D eigenvalue weighted by molar-refractivity contribution is -0.0489. The predicted molar refractivity (Wildman–Crippen MR) is 110 cm³/mol. The van der Waals surface area contributed by atoms with Crippen molar-refractivity contribution in [1.82, 2.24) is 14.9 Å². The number of aromatic nitrogens is 2. The second-order valence-corrected chi connectivity index (χ2v) is 7.16. The van der Waals surface area contributed by atoms with Crippen LogP contribution in [0, 0.1) is 0 Å². The summed E-state index contributed by atoms with van der Waals surface area (Å²) in [5, 5.41) is 3.49. The van der Waals surface area contributed by atoms with Gasteiger partial charge in [0.05, 0.1) is 11.7 Å². The van der Waals surface area contributed by atoms with Gasteiger partial charge in [-0.05, 0) is 54.8 Å². The number of halogens is 2. The fraction of sp³-hybridized carbons (Fsp3) is 0.318. The summed E-state index contributed by atoms with van der Waals surface area (Å²) in [7, 11) is 0. The zero-order valence-electron chi connectivity index (χ0n) is 16.3. The molecule has 1 aliphatic heterocycles. The number of alkyl halides is 2. The maximum atomic E-state index is 13.2. The predicted octanol–water partition coefficient (Wildman–Crippen LogP) is 5.38. The van der Waals surface area contributed by atoms with Crippen LogP contribution in [0.1, 0.15) is 37.3 Å². The SMILES string of the molecule is O=C(Nc1ccc(OC(F)F)c2ncccc12)N1CCCCCC1c1ccncc1. The minimum atomic E-state index is -2.95. The van der Waals surface area contributed by atoms with Gasteiger partial charge in [0, 0.05) is 30.5 Å². The van der Waals surface area contributed by atoms with E-state index >= 15 is 0 Å². The van der Waals surface area contributed by atoms with Crippen molar-refractivity contribution in [2.45, 2.75) is 38.3 Å². The maximum Gasteiger partial charge on any atom is 0.387 e. The topological polar surface area (TPSA) is 67.3 Å². The van der Waals surface area contributed by atoms with Crippen LogP contribution >= 0.6 is 0 Å². The average molecular weight is 412 g/mol. The first kappa shape index (κ1) is 20.0. The van der Waals surface area contributed by atoms with Crippen molar-refractivity contribution in [2.24, 2.45) is 0 Å². The lowest BCUT2D eigenvalue weighted by Crippen LogP contribution is -2.38. The van der Waals surface area contributed by atoms with E-state index in [-0.39, 0.29) is 23.3 Å². The number of hydrogen-bond donors (Lipinski definition) is 1. The second-order valence-electron chi connectivity index (χ2n) is 7.16. The van der Waals surface area contributed by atoms with Crippen LogP contribution in [-0.4, -0.2) is 34.1 Å². The third kappa shape index (κ3) is 4.32. The lowest BCUT2D eigenvalue weighted by atomic mass is 10.0. The van der Waals surface area contributed by atoms with Crippen LogP contribution in [-0.2, 0) is 0 Å². The molecule has 0 radical (unpaired) electrons. The molecule has 0 aliphatic carbocycles. The largest absolute Gasteiger partial charge is 0.432 e.